The fourth-order valence-corrected chi connectivity index (χ4v) is 0.984. The van der Waals surface area contributed by atoms with Gasteiger partial charge in [0.25, 0.3) is 5.91 Å². The third kappa shape index (κ3) is 3.10. The minimum absolute atomic E-state index is 0.303. The smallest absolute Gasteiger partial charge is 0.390 e. The molecule has 0 saturated carbocycles. The van der Waals surface area contributed by atoms with Crippen LogP contribution in [-0.4, -0.2) is 26.6 Å². The maximum Gasteiger partial charge on any atom is 0.434 e. The summed E-state index contributed by atoms with van der Waals surface area (Å²) in [6.07, 6.45) is 2.15. The van der Waals surface area contributed by atoms with Crippen LogP contribution in [0.3, 0.4) is 0 Å². The van der Waals surface area contributed by atoms with Crippen LogP contribution in [0, 0.1) is 21.4 Å². The van der Waals surface area contributed by atoms with E-state index in [0.717, 1.165) is 0 Å². The number of hydrazone groups is 1. The summed E-state index contributed by atoms with van der Waals surface area (Å²) >= 11 is 0. The molecule has 0 aliphatic heterocycles. The quantitative estimate of drug-likeness (QED) is 0.436. The van der Waals surface area contributed by atoms with Gasteiger partial charge in [0.15, 0.2) is 5.69 Å². The molecule has 0 bridgehead atoms. The number of amides is 1. The number of nitro groups is 1. The van der Waals surface area contributed by atoms with E-state index >= 15 is 0 Å². The van der Waals surface area contributed by atoms with Gasteiger partial charge in [-0.1, -0.05) is 4.98 Å². The molecule has 0 aromatic carbocycles. The second-order valence-electron chi connectivity index (χ2n) is 2.93. The van der Waals surface area contributed by atoms with Gasteiger partial charge in [-0.2, -0.15) is 10.4 Å². The van der Waals surface area contributed by atoms with E-state index in [4.69, 9.17) is 5.26 Å². The molecule has 9 nitrogen and oxygen atoms in total. The average Bonchev–Trinajstić information content (AvgIpc) is 2.61. The number of nitrogens with zero attached hydrogens (tertiary/aromatic N) is 5. The van der Waals surface area contributed by atoms with Gasteiger partial charge in [-0.25, -0.2) is 9.99 Å². The molecule has 0 spiro atoms. The van der Waals surface area contributed by atoms with Gasteiger partial charge in [0.05, 0.1) is 19.3 Å². The first-order valence-electron chi connectivity index (χ1n) is 4.41. The lowest BCUT2D eigenvalue weighted by Crippen LogP contribution is -2.16. The van der Waals surface area contributed by atoms with Crippen LogP contribution >= 0.6 is 0 Å². The van der Waals surface area contributed by atoms with Crippen molar-refractivity contribution in [3.8, 4) is 6.07 Å². The van der Waals surface area contributed by atoms with E-state index in [1.807, 2.05) is 0 Å². The van der Waals surface area contributed by atoms with Crippen molar-refractivity contribution in [2.45, 2.75) is 6.42 Å². The van der Waals surface area contributed by atoms with Crippen molar-refractivity contribution in [3.63, 3.8) is 0 Å². The van der Waals surface area contributed by atoms with Crippen molar-refractivity contribution in [1.82, 2.24) is 15.0 Å². The summed E-state index contributed by atoms with van der Waals surface area (Å²) in [7, 11) is 1.45. The predicted molar refractivity (Wildman–Crippen MR) is 55.8 cm³/mol. The molecule has 88 valence electrons. The molecule has 0 atom stereocenters. The minimum atomic E-state index is -0.633. The van der Waals surface area contributed by atoms with Crippen molar-refractivity contribution in [2.24, 2.45) is 12.1 Å². The Balaban J connectivity index is 2.70. The summed E-state index contributed by atoms with van der Waals surface area (Å²) in [5, 5.41) is 22.2. The summed E-state index contributed by atoms with van der Waals surface area (Å²) < 4.78 is 1.21. The third-order valence-electron chi connectivity index (χ3n) is 1.79. The second kappa shape index (κ2) is 5.36. The fourth-order valence-electron chi connectivity index (χ4n) is 0.984. The van der Waals surface area contributed by atoms with Gasteiger partial charge in [-0.05, 0) is 4.92 Å². The molecule has 17 heavy (non-hydrogen) atoms. The molecule has 1 N–H and O–H groups in total. The molecule has 1 heterocycles. The second-order valence-corrected chi connectivity index (χ2v) is 2.93. The average molecular weight is 236 g/mol. The topological polar surface area (TPSA) is 126 Å². The Morgan fingerprint density at radius 2 is 2.59 bits per heavy atom. The van der Waals surface area contributed by atoms with Crippen LogP contribution in [0.15, 0.2) is 11.3 Å². The van der Waals surface area contributed by atoms with Crippen LogP contribution in [-0.2, 0) is 11.8 Å². The first-order chi connectivity index (χ1) is 8.06. The molecule has 1 rings (SSSR count). The standard InChI is InChI=1S/C8H8N6O3/c1-13-6(4-10-8(13)14(16)17)5-11-12-7(15)2-3-9/h4-5H,2H2,1H3,(H,12,15). The van der Waals surface area contributed by atoms with E-state index in [2.05, 4.69) is 15.5 Å². The SMILES string of the molecule is Cn1c(C=NNC(=O)CC#N)cnc1[N+](=O)[O-]. The van der Waals surface area contributed by atoms with E-state index in [1.165, 1.54) is 24.0 Å². The summed E-state index contributed by atoms with van der Waals surface area (Å²) in [5.41, 5.74) is 2.45. The van der Waals surface area contributed by atoms with Crippen LogP contribution in [0.2, 0.25) is 0 Å². The van der Waals surface area contributed by atoms with E-state index in [1.54, 1.807) is 6.07 Å². The zero-order chi connectivity index (χ0) is 12.8. The molecule has 0 saturated heterocycles. The molecular formula is C8H8N6O3. The Morgan fingerprint density at radius 1 is 1.88 bits per heavy atom. The van der Waals surface area contributed by atoms with Gasteiger partial charge in [0, 0.05) is 0 Å². The van der Waals surface area contributed by atoms with E-state index in [9.17, 15) is 14.9 Å². The highest BCUT2D eigenvalue weighted by molar-refractivity contribution is 5.82. The number of rotatable bonds is 4. The first kappa shape index (κ1) is 12.3. The molecule has 0 aliphatic carbocycles. The Hall–Kier alpha value is -2.76. The molecule has 0 fully saturated rings. The van der Waals surface area contributed by atoms with Gasteiger partial charge < -0.3 is 10.1 Å². The van der Waals surface area contributed by atoms with E-state index < -0.39 is 10.8 Å². The Bertz CT molecular complexity index is 512. The number of aromatic nitrogens is 2. The Morgan fingerprint density at radius 3 is 3.12 bits per heavy atom. The van der Waals surface area contributed by atoms with E-state index in [0.29, 0.717) is 5.69 Å². The molecule has 0 aliphatic rings. The number of imidazole rings is 1. The van der Waals surface area contributed by atoms with E-state index in [-0.39, 0.29) is 12.4 Å². The lowest BCUT2D eigenvalue weighted by molar-refractivity contribution is -0.396. The van der Waals surface area contributed by atoms with Crippen LogP contribution in [0.1, 0.15) is 12.1 Å². The monoisotopic (exact) mass is 236 g/mol. The number of carbonyl (C=O) groups excluding carboxylic acids is 1. The largest absolute Gasteiger partial charge is 0.434 e. The summed E-state index contributed by atoms with van der Waals surface area (Å²) in [6, 6.07) is 1.65. The van der Waals surface area contributed by atoms with Crippen molar-refractivity contribution in [1.29, 1.82) is 5.26 Å². The molecule has 1 aromatic heterocycles. The Labute approximate surface area is 95.5 Å². The van der Waals surface area contributed by atoms with Crippen LogP contribution in [0.5, 0.6) is 0 Å². The van der Waals surface area contributed by atoms with Gasteiger partial charge in [-0.15, -0.1) is 0 Å². The molecule has 0 radical (unpaired) electrons. The maximum absolute atomic E-state index is 10.9. The van der Waals surface area contributed by atoms with Crippen molar-refractivity contribution in [3.05, 3.63) is 22.0 Å². The highest BCUT2D eigenvalue weighted by atomic mass is 16.6. The third-order valence-corrected chi connectivity index (χ3v) is 1.79. The zero-order valence-electron chi connectivity index (χ0n) is 8.82. The highest BCUT2D eigenvalue weighted by Crippen LogP contribution is 2.08. The molecular weight excluding hydrogens is 228 g/mol. The predicted octanol–water partition coefficient (Wildman–Crippen LogP) is -0.308. The van der Waals surface area contributed by atoms with Crippen molar-refractivity contribution < 1.29 is 9.72 Å². The minimum Gasteiger partial charge on any atom is -0.390 e. The summed E-state index contributed by atoms with van der Waals surface area (Å²) in [4.78, 5) is 24.3. The number of nitriles is 1. The zero-order valence-corrected chi connectivity index (χ0v) is 8.82. The van der Waals surface area contributed by atoms with Crippen LogP contribution in [0.4, 0.5) is 5.95 Å². The maximum atomic E-state index is 10.9. The van der Waals surface area contributed by atoms with Gasteiger partial charge in [0.2, 0.25) is 0 Å². The normalized spacial score (nSPS) is 10.1. The molecule has 1 amide bonds. The van der Waals surface area contributed by atoms with Gasteiger partial charge in [-0.3, -0.25) is 4.79 Å². The summed E-state index contributed by atoms with van der Waals surface area (Å²) in [5.74, 6) is -0.879. The number of hydrogen-bond donors (Lipinski definition) is 1. The number of carbonyl (C=O) groups is 1. The summed E-state index contributed by atoms with van der Waals surface area (Å²) in [6.45, 7) is 0. The fraction of sp³-hybridized carbons (Fsp3) is 0.250. The molecule has 1 aromatic rings. The van der Waals surface area contributed by atoms with Gasteiger partial charge in [0.1, 0.15) is 12.6 Å². The number of hydrogen-bond acceptors (Lipinski definition) is 6. The van der Waals surface area contributed by atoms with Crippen LogP contribution in [0.25, 0.3) is 0 Å². The molecule has 9 heteroatoms. The number of nitrogens with one attached hydrogen (secondary N) is 1. The Kier molecular flexibility index (Phi) is 3.88. The van der Waals surface area contributed by atoms with Crippen molar-refractivity contribution in [2.75, 3.05) is 0 Å². The highest BCUT2D eigenvalue weighted by Gasteiger charge is 2.15. The lowest BCUT2D eigenvalue weighted by atomic mass is 10.5. The van der Waals surface area contributed by atoms with Gasteiger partial charge >= 0.3 is 5.95 Å². The first-order valence-corrected chi connectivity index (χ1v) is 4.41. The van der Waals surface area contributed by atoms with Crippen molar-refractivity contribution >= 4 is 18.1 Å². The molecule has 0 unspecified atom stereocenters. The van der Waals surface area contributed by atoms with Crippen LogP contribution < -0.4 is 5.43 Å². The lowest BCUT2D eigenvalue weighted by Gasteiger charge is -1.95.